The normalized spacial score (nSPS) is 20.7. The molecule has 11 heavy (non-hydrogen) atoms. The number of nitrogens with one attached hydrogen (secondary N) is 1. The fourth-order valence-electron chi connectivity index (χ4n) is 1.40. The third-order valence-electron chi connectivity index (χ3n) is 2.22. The highest BCUT2D eigenvalue weighted by atomic mass is 15.2. The molecule has 1 fully saturated rings. The van der Waals surface area contributed by atoms with Crippen molar-refractivity contribution in [1.82, 2.24) is 10.2 Å². The molecule has 1 N–H and O–H groups in total. The second-order valence-electron chi connectivity index (χ2n) is 4.05. The molecule has 1 aliphatic heterocycles. The maximum Gasteiger partial charge on any atom is 0.0322 e. The molecule has 0 aromatic carbocycles. The number of nitrogens with zero attached hydrogens (tertiary/aromatic N) is 1. The molecule has 2 heteroatoms. The van der Waals surface area contributed by atoms with E-state index in [0.717, 1.165) is 12.0 Å². The molecule has 1 rings (SSSR count). The molecule has 1 saturated heterocycles. The van der Waals surface area contributed by atoms with Crippen LogP contribution in [0.2, 0.25) is 0 Å². The van der Waals surface area contributed by atoms with Crippen LogP contribution in [-0.4, -0.2) is 37.6 Å². The minimum Gasteiger partial charge on any atom is -0.311 e. The summed E-state index contributed by atoms with van der Waals surface area (Å²) in [6, 6.07) is 0.777. The van der Waals surface area contributed by atoms with Gasteiger partial charge in [-0.1, -0.05) is 13.8 Å². The third kappa shape index (κ3) is 3.21. The molecule has 66 valence electrons. The predicted molar refractivity (Wildman–Crippen MR) is 48.7 cm³/mol. The van der Waals surface area contributed by atoms with Crippen LogP contribution in [0.4, 0.5) is 0 Å². The average Bonchev–Trinajstić information content (AvgIpc) is 1.83. The van der Waals surface area contributed by atoms with Crippen LogP contribution in [0.25, 0.3) is 0 Å². The summed E-state index contributed by atoms with van der Waals surface area (Å²) in [5.41, 5.74) is 0. The standard InChI is InChI=1S/C9H20N2/c1-8(2)4-5-10-9-6-11(3)7-9/h8-10H,4-7H2,1-3H3. The van der Waals surface area contributed by atoms with Crippen molar-refractivity contribution < 1.29 is 0 Å². The maximum atomic E-state index is 3.54. The van der Waals surface area contributed by atoms with Crippen molar-refractivity contribution in [1.29, 1.82) is 0 Å². The van der Waals surface area contributed by atoms with Gasteiger partial charge >= 0.3 is 0 Å². The summed E-state index contributed by atoms with van der Waals surface area (Å²) in [4.78, 5) is 2.34. The number of hydrogen-bond acceptors (Lipinski definition) is 2. The van der Waals surface area contributed by atoms with Crippen LogP contribution in [0.1, 0.15) is 20.3 Å². The van der Waals surface area contributed by atoms with Gasteiger partial charge in [0.05, 0.1) is 0 Å². The topological polar surface area (TPSA) is 15.3 Å². The zero-order valence-corrected chi connectivity index (χ0v) is 7.93. The van der Waals surface area contributed by atoms with Crippen LogP contribution >= 0.6 is 0 Å². The van der Waals surface area contributed by atoms with Crippen LogP contribution in [0.15, 0.2) is 0 Å². The van der Waals surface area contributed by atoms with Crippen LogP contribution in [-0.2, 0) is 0 Å². The SMILES string of the molecule is CC(C)CCNC1CN(C)C1. The van der Waals surface area contributed by atoms with E-state index in [1.807, 2.05) is 0 Å². The van der Waals surface area contributed by atoms with E-state index in [2.05, 4.69) is 31.1 Å². The number of rotatable bonds is 4. The van der Waals surface area contributed by atoms with Crippen LogP contribution in [0.5, 0.6) is 0 Å². The summed E-state index contributed by atoms with van der Waals surface area (Å²) < 4.78 is 0. The van der Waals surface area contributed by atoms with Crippen molar-refractivity contribution in [2.45, 2.75) is 26.3 Å². The Balaban J connectivity index is 1.89. The molecule has 0 aromatic heterocycles. The van der Waals surface area contributed by atoms with Gasteiger partial charge in [0.25, 0.3) is 0 Å². The summed E-state index contributed by atoms with van der Waals surface area (Å²) in [7, 11) is 2.17. The zero-order chi connectivity index (χ0) is 8.27. The van der Waals surface area contributed by atoms with Gasteiger partial charge in [-0.15, -0.1) is 0 Å². The Hall–Kier alpha value is -0.0800. The minimum absolute atomic E-state index is 0.777. The van der Waals surface area contributed by atoms with E-state index in [1.54, 1.807) is 0 Å². The van der Waals surface area contributed by atoms with E-state index < -0.39 is 0 Å². The molecule has 0 spiro atoms. The molecule has 1 heterocycles. The van der Waals surface area contributed by atoms with Gasteiger partial charge < -0.3 is 10.2 Å². The Morgan fingerprint density at radius 2 is 2.09 bits per heavy atom. The molecule has 1 aliphatic rings. The summed E-state index contributed by atoms with van der Waals surface area (Å²) in [5, 5.41) is 3.54. The lowest BCUT2D eigenvalue weighted by Crippen LogP contribution is -2.56. The number of likely N-dealkylation sites (tertiary alicyclic amines) is 1. The van der Waals surface area contributed by atoms with Crippen LogP contribution in [0.3, 0.4) is 0 Å². The predicted octanol–water partition coefficient (Wildman–Crippen LogP) is 0.936. The Labute approximate surface area is 70.0 Å². The molecule has 0 aliphatic carbocycles. The van der Waals surface area contributed by atoms with E-state index in [1.165, 1.54) is 26.1 Å². The van der Waals surface area contributed by atoms with Gasteiger partial charge in [-0.2, -0.15) is 0 Å². The fourth-order valence-corrected chi connectivity index (χ4v) is 1.40. The van der Waals surface area contributed by atoms with Gasteiger partial charge in [0, 0.05) is 19.1 Å². The first kappa shape index (κ1) is 9.01. The molecule has 0 radical (unpaired) electrons. The number of likely N-dealkylation sites (N-methyl/N-ethyl adjacent to an activating group) is 1. The lowest BCUT2D eigenvalue weighted by molar-refractivity contribution is 0.161. The van der Waals surface area contributed by atoms with Gasteiger partial charge in [-0.05, 0) is 25.9 Å². The summed E-state index contributed by atoms with van der Waals surface area (Å²) in [6.45, 7) is 8.20. The molecule has 0 unspecified atom stereocenters. The smallest absolute Gasteiger partial charge is 0.0322 e. The Morgan fingerprint density at radius 1 is 1.45 bits per heavy atom. The van der Waals surface area contributed by atoms with Crippen molar-refractivity contribution in [3.8, 4) is 0 Å². The molecule has 0 bridgehead atoms. The molecule has 0 aromatic rings. The molecular weight excluding hydrogens is 136 g/mol. The Bertz CT molecular complexity index is 106. The second kappa shape index (κ2) is 4.07. The Kier molecular flexibility index (Phi) is 3.34. The average molecular weight is 156 g/mol. The van der Waals surface area contributed by atoms with Gasteiger partial charge in [-0.3, -0.25) is 0 Å². The molecular formula is C9H20N2. The highest BCUT2D eigenvalue weighted by Gasteiger charge is 2.21. The summed E-state index contributed by atoms with van der Waals surface area (Å²) >= 11 is 0. The van der Waals surface area contributed by atoms with E-state index >= 15 is 0 Å². The number of hydrogen-bond donors (Lipinski definition) is 1. The van der Waals surface area contributed by atoms with Crippen LogP contribution < -0.4 is 5.32 Å². The largest absolute Gasteiger partial charge is 0.311 e. The first-order valence-electron chi connectivity index (χ1n) is 4.60. The highest BCUT2D eigenvalue weighted by molar-refractivity contribution is 4.82. The Morgan fingerprint density at radius 3 is 2.55 bits per heavy atom. The monoisotopic (exact) mass is 156 g/mol. The maximum absolute atomic E-state index is 3.54. The lowest BCUT2D eigenvalue weighted by Gasteiger charge is -2.36. The van der Waals surface area contributed by atoms with Crippen molar-refractivity contribution in [3.63, 3.8) is 0 Å². The fraction of sp³-hybridized carbons (Fsp3) is 1.00. The third-order valence-corrected chi connectivity index (χ3v) is 2.22. The summed E-state index contributed by atoms with van der Waals surface area (Å²) in [6.07, 6.45) is 1.31. The van der Waals surface area contributed by atoms with Crippen molar-refractivity contribution in [3.05, 3.63) is 0 Å². The highest BCUT2D eigenvalue weighted by Crippen LogP contribution is 2.04. The minimum atomic E-state index is 0.777. The summed E-state index contributed by atoms with van der Waals surface area (Å²) in [5.74, 6) is 0.834. The molecule has 0 saturated carbocycles. The van der Waals surface area contributed by atoms with E-state index in [4.69, 9.17) is 0 Å². The zero-order valence-electron chi connectivity index (χ0n) is 7.93. The van der Waals surface area contributed by atoms with Gasteiger partial charge in [0.1, 0.15) is 0 Å². The molecule has 0 amide bonds. The van der Waals surface area contributed by atoms with Gasteiger partial charge in [0.15, 0.2) is 0 Å². The molecule has 0 atom stereocenters. The van der Waals surface area contributed by atoms with E-state index in [9.17, 15) is 0 Å². The quantitative estimate of drug-likeness (QED) is 0.651. The molecule has 2 nitrogen and oxygen atoms in total. The van der Waals surface area contributed by atoms with Crippen LogP contribution in [0, 0.1) is 5.92 Å². The second-order valence-corrected chi connectivity index (χ2v) is 4.05. The first-order valence-corrected chi connectivity index (χ1v) is 4.60. The lowest BCUT2D eigenvalue weighted by atomic mass is 10.1. The first-order chi connectivity index (χ1) is 5.18. The van der Waals surface area contributed by atoms with Crippen molar-refractivity contribution >= 4 is 0 Å². The van der Waals surface area contributed by atoms with E-state index in [-0.39, 0.29) is 0 Å². The van der Waals surface area contributed by atoms with Gasteiger partial charge in [0.2, 0.25) is 0 Å². The van der Waals surface area contributed by atoms with Gasteiger partial charge in [-0.25, -0.2) is 0 Å². The van der Waals surface area contributed by atoms with Crippen molar-refractivity contribution in [2.75, 3.05) is 26.7 Å². The van der Waals surface area contributed by atoms with E-state index in [0.29, 0.717) is 0 Å². The van der Waals surface area contributed by atoms with Crippen molar-refractivity contribution in [2.24, 2.45) is 5.92 Å².